The highest BCUT2D eigenvalue weighted by Gasteiger charge is 2.21. The van der Waals surface area contributed by atoms with Crippen molar-refractivity contribution in [1.82, 2.24) is 5.32 Å². The predicted molar refractivity (Wildman–Crippen MR) is 37.9 cm³/mol. The number of thioether (sulfide) groups is 1. The molecular formula is C5H3N3OS. The largest absolute Gasteiger partial charge is 0.300 e. The molecule has 0 bridgehead atoms. The van der Waals surface area contributed by atoms with Crippen LogP contribution in [0.2, 0.25) is 0 Å². The molecule has 0 aliphatic carbocycles. The normalized spacial score (nSPS) is 20.9. The van der Waals surface area contributed by atoms with Crippen molar-refractivity contribution in [3.05, 3.63) is 11.5 Å². The molecule has 0 aromatic heterocycles. The molecule has 0 atom stereocenters. The summed E-state index contributed by atoms with van der Waals surface area (Å²) in [6.07, 6.45) is 1.56. The zero-order valence-electron chi connectivity index (χ0n) is 4.92. The van der Waals surface area contributed by atoms with Crippen LogP contribution in [0.5, 0.6) is 0 Å². The van der Waals surface area contributed by atoms with Gasteiger partial charge in [0.15, 0.2) is 5.17 Å². The minimum absolute atomic E-state index is 0.279. The maximum atomic E-state index is 10.6. The number of nitrogens with one attached hydrogen (secondary N) is 1. The number of nitriles is 1. The van der Waals surface area contributed by atoms with E-state index < -0.39 is 0 Å². The second kappa shape index (κ2) is 2.54. The number of carbonyl (C=O) groups is 1. The monoisotopic (exact) mass is 153 g/mol. The van der Waals surface area contributed by atoms with Crippen molar-refractivity contribution < 1.29 is 4.79 Å². The lowest BCUT2D eigenvalue weighted by Gasteiger charge is -1.84. The third-order valence-electron chi connectivity index (χ3n) is 0.845. The molecule has 1 N–H and O–H groups in total. The van der Waals surface area contributed by atoms with Gasteiger partial charge in [-0.15, -0.1) is 4.99 Å². The fourth-order valence-electron chi connectivity index (χ4n) is 0.452. The molecule has 0 aromatic carbocycles. The van der Waals surface area contributed by atoms with Crippen LogP contribution in [0.1, 0.15) is 0 Å². The van der Waals surface area contributed by atoms with Gasteiger partial charge in [0.1, 0.15) is 0 Å². The summed E-state index contributed by atoms with van der Waals surface area (Å²) in [5, 5.41) is 10.7. The molecule has 1 heterocycles. The molecule has 1 saturated heterocycles. The molecule has 0 spiro atoms. The van der Waals surface area contributed by atoms with Gasteiger partial charge in [0.25, 0.3) is 5.91 Å². The number of nitrogens with zero attached hydrogens (tertiary/aromatic N) is 2. The average Bonchev–Trinajstić information content (AvgIpc) is 2.14. The number of aliphatic imine (C=N–C) groups is 1. The Morgan fingerprint density at radius 1 is 1.80 bits per heavy atom. The van der Waals surface area contributed by atoms with Crippen molar-refractivity contribution in [2.75, 3.05) is 0 Å². The Balaban J connectivity index is 2.78. The molecule has 50 valence electrons. The first kappa shape index (κ1) is 6.83. The van der Waals surface area contributed by atoms with E-state index in [1.54, 1.807) is 6.19 Å². The van der Waals surface area contributed by atoms with Crippen LogP contribution in [-0.2, 0) is 4.79 Å². The Labute approximate surface area is 61.6 Å². The highest BCUT2D eigenvalue weighted by atomic mass is 32.2. The van der Waals surface area contributed by atoms with Crippen molar-refractivity contribution in [3.63, 3.8) is 0 Å². The van der Waals surface area contributed by atoms with Crippen LogP contribution in [0.4, 0.5) is 0 Å². The standard InChI is InChI=1S/C5H3N3OS/c1-3-4(9)8-5(10-3)7-2-6/h1H2,(H,7,8,9). The van der Waals surface area contributed by atoms with Gasteiger partial charge < -0.3 is 0 Å². The van der Waals surface area contributed by atoms with Gasteiger partial charge in [-0.05, 0) is 11.8 Å². The number of hydrogen-bond acceptors (Lipinski definition) is 4. The first-order valence-corrected chi connectivity index (χ1v) is 3.20. The lowest BCUT2D eigenvalue weighted by molar-refractivity contribution is -0.115. The molecule has 10 heavy (non-hydrogen) atoms. The Morgan fingerprint density at radius 3 is 2.90 bits per heavy atom. The van der Waals surface area contributed by atoms with E-state index in [0.29, 0.717) is 10.1 Å². The molecule has 4 nitrogen and oxygen atoms in total. The Kier molecular flexibility index (Phi) is 1.73. The molecule has 1 aliphatic heterocycles. The van der Waals surface area contributed by atoms with Gasteiger partial charge in [0, 0.05) is 0 Å². The van der Waals surface area contributed by atoms with E-state index in [-0.39, 0.29) is 5.91 Å². The van der Waals surface area contributed by atoms with Gasteiger partial charge in [-0.25, -0.2) is 0 Å². The highest BCUT2D eigenvalue weighted by Crippen LogP contribution is 2.20. The number of hydrogen-bond donors (Lipinski definition) is 1. The molecule has 1 amide bonds. The summed E-state index contributed by atoms with van der Waals surface area (Å²) in [4.78, 5) is 14.3. The van der Waals surface area contributed by atoms with Crippen molar-refractivity contribution in [1.29, 1.82) is 5.26 Å². The van der Waals surface area contributed by atoms with Crippen molar-refractivity contribution >= 4 is 22.8 Å². The molecule has 1 rings (SSSR count). The summed E-state index contributed by atoms with van der Waals surface area (Å²) in [5.74, 6) is -0.279. The van der Waals surface area contributed by atoms with Crippen molar-refractivity contribution in [2.24, 2.45) is 4.99 Å². The molecular weight excluding hydrogens is 150 g/mol. The molecule has 0 saturated carbocycles. The van der Waals surface area contributed by atoms with E-state index in [1.165, 1.54) is 0 Å². The summed E-state index contributed by atoms with van der Waals surface area (Å²) < 4.78 is 0. The molecule has 0 radical (unpaired) electrons. The average molecular weight is 153 g/mol. The Morgan fingerprint density at radius 2 is 2.50 bits per heavy atom. The summed E-state index contributed by atoms with van der Waals surface area (Å²) in [6, 6.07) is 0. The smallest absolute Gasteiger partial charge is 0.263 e. The quantitative estimate of drug-likeness (QED) is 0.399. The van der Waals surface area contributed by atoms with E-state index in [9.17, 15) is 4.79 Å². The van der Waals surface area contributed by atoms with Crippen LogP contribution in [0, 0.1) is 11.5 Å². The number of rotatable bonds is 0. The molecule has 0 aromatic rings. The third-order valence-corrected chi connectivity index (χ3v) is 1.66. The number of carbonyl (C=O) groups excluding carboxylic acids is 1. The number of amidine groups is 1. The van der Waals surface area contributed by atoms with E-state index >= 15 is 0 Å². The van der Waals surface area contributed by atoms with Gasteiger partial charge in [-0.3, -0.25) is 10.1 Å². The molecule has 5 heteroatoms. The van der Waals surface area contributed by atoms with Crippen LogP contribution in [-0.4, -0.2) is 11.1 Å². The zero-order valence-corrected chi connectivity index (χ0v) is 5.73. The fraction of sp³-hybridized carbons (Fsp3) is 0. The number of amides is 1. The van der Waals surface area contributed by atoms with E-state index in [1.807, 2.05) is 0 Å². The van der Waals surface area contributed by atoms with Crippen LogP contribution < -0.4 is 5.32 Å². The Hall–Kier alpha value is -1.28. The van der Waals surface area contributed by atoms with Crippen molar-refractivity contribution in [2.45, 2.75) is 0 Å². The van der Waals surface area contributed by atoms with Gasteiger partial charge in [-0.1, -0.05) is 6.58 Å². The molecule has 1 fully saturated rings. The maximum absolute atomic E-state index is 10.6. The molecule has 1 aliphatic rings. The van der Waals surface area contributed by atoms with Crippen LogP contribution >= 0.6 is 11.8 Å². The third kappa shape index (κ3) is 1.17. The minimum atomic E-state index is -0.279. The van der Waals surface area contributed by atoms with Crippen LogP contribution in [0.25, 0.3) is 0 Å². The Bertz CT molecular complexity index is 245. The van der Waals surface area contributed by atoms with Gasteiger partial charge in [0.2, 0.25) is 6.19 Å². The maximum Gasteiger partial charge on any atom is 0.263 e. The lowest BCUT2D eigenvalue weighted by atomic mass is 10.6. The SMILES string of the molecule is C=C1SC(=NC#N)NC1=O. The second-order valence-corrected chi connectivity index (χ2v) is 2.58. The summed E-state index contributed by atoms with van der Waals surface area (Å²) >= 11 is 1.07. The summed E-state index contributed by atoms with van der Waals surface area (Å²) in [5.41, 5.74) is 0. The van der Waals surface area contributed by atoms with Gasteiger partial charge in [-0.2, -0.15) is 5.26 Å². The first-order chi connectivity index (χ1) is 4.74. The molecule has 0 unspecified atom stereocenters. The summed E-state index contributed by atoms with van der Waals surface area (Å²) in [7, 11) is 0. The minimum Gasteiger partial charge on any atom is -0.300 e. The van der Waals surface area contributed by atoms with Crippen LogP contribution in [0.15, 0.2) is 16.5 Å². The zero-order chi connectivity index (χ0) is 7.56. The highest BCUT2D eigenvalue weighted by molar-refractivity contribution is 8.18. The predicted octanol–water partition coefficient (Wildman–Crippen LogP) is 0.200. The fourth-order valence-corrected chi connectivity index (χ4v) is 1.06. The summed E-state index contributed by atoms with van der Waals surface area (Å²) in [6.45, 7) is 3.43. The topological polar surface area (TPSA) is 65.2 Å². The van der Waals surface area contributed by atoms with E-state index in [4.69, 9.17) is 5.26 Å². The van der Waals surface area contributed by atoms with Crippen LogP contribution in [0.3, 0.4) is 0 Å². The second-order valence-electron chi connectivity index (χ2n) is 1.50. The van der Waals surface area contributed by atoms with Crippen molar-refractivity contribution in [3.8, 4) is 6.19 Å². The van der Waals surface area contributed by atoms with E-state index in [0.717, 1.165) is 11.8 Å². The van der Waals surface area contributed by atoms with E-state index in [2.05, 4.69) is 16.9 Å². The first-order valence-electron chi connectivity index (χ1n) is 2.39. The van der Waals surface area contributed by atoms with Gasteiger partial charge >= 0.3 is 0 Å². The van der Waals surface area contributed by atoms with Gasteiger partial charge in [0.05, 0.1) is 4.91 Å². The lowest BCUT2D eigenvalue weighted by Crippen LogP contribution is -2.19.